The van der Waals surface area contributed by atoms with Crippen molar-refractivity contribution in [3.8, 4) is 0 Å². The molecule has 0 N–H and O–H groups in total. The molecule has 0 amide bonds. The zero-order chi connectivity index (χ0) is 8.65. The highest BCUT2D eigenvalue weighted by molar-refractivity contribution is 6.29. The molecule has 0 spiro atoms. The summed E-state index contributed by atoms with van der Waals surface area (Å²) in [5.74, 6) is 0. The zero-order valence-electron chi connectivity index (χ0n) is 7.35. The standard InChI is InChI=1S/C8H13ClN2/c1-6-5-7(9)10-11(6)8(2,3)4/h5H,1-4H3. The van der Waals surface area contributed by atoms with E-state index in [9.17, 15) is 0 Å². The first-order valence-corrected chi connectivity index (χ1v) is 4.02. The van der Waals surface area contributed by atoms with Crippen LogP contribution in [0.1, 0.15) is 26.5 Å². The van der Waals surface area contributed by atoms with Gasteiger partial charge in [-0.1, -0.05) is 11.6 Å². The Labute approximate surface area is 72.2 Å². The topological polar surface area (TPSA) is 17.8 Å². The summed E-state index contributed by atoms with van der Waals surface area (Å²) >= 11 is 5.74. The van der Waals surface area contributed by atoms with Crippen molar-refractivity contribution in [3.05, 3.63) is 16.9 Å². The van der Waals surface area contributed by atoms with Gasteiger partial charge in [0.25, 0.3) is 0 Å². The van der Waals surface area contributed by atoms with Gasteiger partial charge in [-0.2, -0.15) is 5.10 Å². The van der Waals surface area contributed by atoms with Gasteiger partial charge in [0.15, 0.2) is 5.15 Å². The summed E-state index contributed by atoms with van der Waals surface area (Å²) < 4.78 is 1.93. The lowest BCUT2D eigenvalue weighted by Crippen LogP contribution is -2.24. The lowest BCUT2D eigenvalue weighted by atomic mass is 10.1. The van der Waals surface area contributed by atoms with E-state index < -0.39 is 0 Å². The average molecular weight is 173 g/mol. The van der Waals surface area contributed by atoms with Crippen LogP contribution in [-0.2, 0) is 5.54 Å². The largest absolute Gasteiger partial charge is 0.263 e. The normalized spacial score (nSPS) is 12.1. The van der Waals surface area contributed by atoms with E-state index in [-0.39, 0.29) is 5.54 Å². The van der Waals surface area contributed by atoms with Crippen LogP contribution in [-0.4, -0.2) is 9.78 Å². The quantitative estimate of drug-likeness (QED) is 0.588. The first-order chi connectivity index (χ1) is 4.91. The number of hydrogen-bond donors (Lipinski definition) is 0. The molecule has 62 valence electrons. The Morgan fingerprint density at radius 2 is 2.00 bits per heavy atom. The van der Waals surface area contributed by atoms with Gasteiger partial charge in [0.1, 0.15) is 0 Å². The maximum Gasteiger partial charge on any atom is 0.151 e. The highest BCUT2D eigenvalue weighted by Gasteiger charge is 2.16. The number of halogens is 1. The molecule has 0 bridgehead atoms. The average Bonchev–Trinajstić information content (AvgIpc) is 2.08. The fourth-order valence-corrected chi connectivity index (χ4v) is 1.35. The van der Waals surface area contributed by atoms with Gasteiger partial charge < -0.3 is 0 Å². The number of nitrogens with zero attached hydrogens (tertiary/aromatic N) is 2. The molecule has 1 heterocycles. The molecule has 1 aromatic rings. The van der Waals surface area contributed by atoms with Crippen LogP contribution in [0.5, 0.6) is 0 Å². The molecular weight excluding hydrogens is 160 g/mol. The lowest BCUT2D eigenvalue weighted by Gasteiger charge is -2.20. The molecular formula is C8H13ClN2. The second-order valence-corrected chi connectivity index (χ2v) is 4.08. The van der Waals surface area contributed by atoms with Crippen molar-refractivity contribution in [2.45, 2.75) is 33.2 Å². The van der Waals surface area contributed by atoms with Crippen molar-refractivity contribution in [2.75, 3.05) is 0 Å². The van der Waals surface area contributed by atoms with Crippen molar-refractivity contribution in [3.63, 3.8) is 0 Å². The van der Waals surface area contributed by atoms with Crippen molar-refractivity contribution >= 4 is 11.6 Å². The summed E-state index contributed by atoms with van der Waals surface area (Å²) in [6, 6.07) is 1.87. The van der Waals surface area contributed by atoms with E-state index in [4.69, 9.17) is 11.6 Å². The van der Waals surface area contributed by atoms with Gasteiger partial charge in [-0.15, -0.1) is 0 Å². The van der Waals surface area contributed by atoms with Crippen molar-refractivity contribution in [1.29, 1.82) is 0 Å². The van der Waals surface area contributed by atoms with Gasteiger partial charge in [-0.25, -0.2) is 0 Å². The van der Waals surface area contributed by atoms with E-state index in [0.29, 0.717) is 5.15 Å². The Kier molecular flexibility index (Phi) is 1.97. The molecule has 3 heteroatoms. The highest BCUT2D eigenvalue weighted by atomic mass is 35.5. The third kappa shape index (κ3) is 1.74. The Balaban J connectivity index is 3.13. The minimum Gasteiger partial charge on any atom is -0.263 e. The Hall–Kier alpha value is -0.500. The second-order valence-electron chi connectivity index (χ2n) is 3.69. The summed E-state index contributed by atoms with van der Waals surface area (Å²) in [4.78, 5) is 0. The monoisotopic (exact) mass is 172 g/mol. The van der Waals surface area contributed by atoms with E-state index in [1.54, 1.807) is 0 Å². The minimum absolute atomic E-state index is 0.0250. The molecule has 1 rings (SSSR count). The van der Waals surface area contributed by atoms with Crippen LogP contribution in [0.2, 0.25) is 5.15 Å². The van der Waals surface area contributed by atoms with Crippen LogP contribution in [0, 0.1) is 6.92 Å². The smallest absolute Gasteiger partial charge is 0.151 e. The molecule has 11 heavy (non-hydrogen) atoms. The summed E-state index contributed by atoms with van der Waals surface area (Å²) in [7, 11) is 0. The SMILES string of the molecule is Cc1cc(Cl)nn1C(C)(C)C. The first-order valence-electron chi connectivity index (χ1n) is 3.64. The molecule has 0 atom stereocenters. The second kappa shape index (κ2) is 2.52. The van der Waals surface area contributed by atoms with Gasteiger partial charge in [-0.05, 0) is 33.8 Å². The van der Waals surface area contributed by atoms with Crippen LogP contribution >= 0.6 is 11.6 Å². The summed E-state index contributed by atoms with van der Waals surface area (Å²) in [5, 5.41) is 4.73. The molecule has 0 radical (unpaired) electrons. The van der Waals surface area contributed by atoms with E-state index in [1.165, 1.54) is 0 Å². The molecule has 0 aliphatic heterocycles. The highest BCUT2D eigenvalue weighted by Crippen LogP contribution is 2.18. The molecule has 0 saturated carbocycles. The van der Waals surface area contributed by atoms with Crippen molar-refractivity contribution in [1.82, 2.24) is 9.78 Å². The molecule has 0 saturated heterocycles. The van der Waals surface area contributed by atoms with Gasteiger partial charge in [0, 0.05) is 5.69 Å². The van der Waals surface area contributed by atoms with Crippen LogP contribution in [0.4, 0.5) is 0 Å². The van der Waals surface area contributed by atoms with Crippen LogP contribution in [0.3, 0.4) is 0 Å². The van der Waals surface area contributed by atoms with Gasteiger partial charge in [0.2, 0.25) is 0 Å². The number of hydrogen-bond acceptors (Lipinski definition) is 1. The molecule has 1 aromatic heterocycles. The molecule has 0 fully saturated rings. The summed E-state index contributed by atoms with van der Waals surface area (Å²) in [6.45, 7) is 8.31. The van der Waals surface area contributed by atoms with E-state index in [1.807, 2.05) is 17.7 Å². The number of rotatable bonds is 0. The van der Waals surface area contributed by atoms with Crippen LogP contribution in [0.25, 0.3) is 0 Å². The third-order valence-electron chi connectivity index (χ3n) is 1.49. The van der Waals surface area contributed by atoms with Crippen LogP contribution in [0.15, 0.2) is 6.07 Å². The summed E-state index contributed by atoms with van der Waals surface area (Å²) in [6.07, 6.45) is 0. The molecule has 2 nitrogen and oxygen atoms in total. The molecule has 0 unspecified atom stereocenters. The van der Waals surface area contributed by atoms with Gasteiger partial charge >= 0.3 is 0 Å². The minimum atomic E-state index is 0.0250. The number of aryl methyl sites for hydroxylation is 1. The Morgan fingerprint density at radius 3 is 2.18 bits per heavy atom. The predicted octanol–water partition coefficient (Wildman–Crippen LogP) is 2.60. The van der Waals surface area contributed by atoms with Crippen molar-refractivity contribution in [2.24, 2.45) is 0 Å². The van der Waals surface area contributed by atoms with Gasteiger partial charge in [-0.3, -0.25) is 4.68 Å². The molecule has 0 aliphatic carbocycles. The maximum absolute atomic E-state index is 5.74. The zero-order valence-corrected chi connectivity index (χ0v) is 8.11. The van der Waals surface area contributed by atoms with E-state index in [0.717, 1.165) is 5.69 Å². The Bertz CT molecular complexity index is 258. The number of aromatic nitrogens is 2. The molecule has 0 aliphatic rings. The van der Waals surface area contributed by atoms with Crippen LogP contribution < -0.4 is 0 Å². The van der Waals surface area contributed by atoms with E-state index >= 15 is 0 Å². The fraction of sp³-hybridized carbons (Fsp3) is 0.625. The summed E-state index contributed by atoms with van der Waals surface area (Å²) in [5.41, 5.74) is 1.12. The maximum atomic E-state index is 5.74. The molecule has 0 aromatic carbocycles. The fourth-order valence-electron chi connectivity index (χ4n) is 1.12. The van der Waals surface area contributed by atoms with E-state index in [2.05, 4.69) is 25.9 Å². The lowest BCUT2D eigenvalue weighted by molar-refractivity contribution is 0.348. The third-order valence-corrected chi connectivity index (χ3v) is 1.68. The Morgan fingerprint density at radius 1 is 1.45 bits per heavy atom. The van der Waals surface area contributed by atoms with Crippen molar-refractivity contribution < 1.29 is 0 Å². The predicted molar refractivity (Wildman–Crippen MR) is 47.0 cm³/mol. The van der Waals surface area contributed by atoms with Gasteiger partial charge in [0.05, 0.1) is 5.54 Å². The first kappa shape index (κ1) is 8.60.